The zero-order valence-electron chi connectivity index (χ0n) is 9.46. The van der Waals surface area contributed by atoms with E-state index in [1.807, 2.05) is 32.0 Å². The molecule has 0 heterocycles. The van der Waals surface area contributed by atoms with E-state index in [1.165, 1.54) is 7.11 Å². The predicted molar refractivity (Wildman–Crippen MR) is 67.7 cm³/mol. The lowest BCUT2D eigenvalue weighted by Gasteiger charge is -2.13. The molecule has 1 aromatic rings. The molecule has 0 saturated carbocycles. The smallest absolute Gasteiger partial charge is 0.413 e. The van der Waals surface area contributed by atoms with Gasteiger partial charge in [0.2, 0.25) is 0 Å². The Morgan fingerprint density at radius 2 is 1.88 bits per heavy atom. The Labute approximate surface area is 100.0 Å². The number of ether oxygens (including phenoxy) is 1. The Balaban J connectivity index is 2.73. The number of carbonyl (C=O) groups is 1. The summed E-state index contributed by atoms with van der Waals surface area (Å²) < 4.78 is 4.44. The van der Waals surface area contributed by atoms with Gasteiger partial charge in [0.05, 0.1) is 7.11 Å². The fourth-order valence-electron chi connectivity index (χ4n) is 1.30. The number of para-hydroxylation sites is 1. The molecule has 0 radical (unpaired) electrons. The number of methoxy groups -OCH3 is 1. The van der Waals surface area contributed by atoms with E-state index in [1.54, 1.807) is 0 Å². The summed E-state index contributed by atoms with van der Waals surface area (Å²) in [4.78, 5) is 10.9. The standard InChI is InChI=1S/C11H14N2O2S/c1-7-5-4-6-8(2)9(7)12-10(16)13-11(14)15-3/h4-6H,1-3H3,(H2,12,13,14,16). The molecule has 0 aliphatic heterocycles. The third-order valence-corrected chi connectivity index (χ3v) is 2.32. The van der Waals surface area contributed by atoms with E-state index >= 15 is 0 Å². The van der Waals surface area contributed by atoms with E-state index in [0.29, 0.717) is 0 Å². The van der Waals surface area contributed by atoms with Crippen molar-refractivity contribution < 1.29 is 9.53 Å². The molecule has 0 aliphatic rings. The molecule has 86 valence electrons. The second-order valence-corrected chi connectivity index (χ2v) is 3.75. The summed E-state index contributed by atoms with van der Waals surface area (Å²) in [6, 6.07) is 5.90. The molecule has 0 bridgehead atoms. The minimum atomic E-state index is -0.580. The van der Waals surface area contributed by atoms with Crippen LogP contribution < -0.4 is 10.6 Å². The predicted octanol–water partition coefficient (Wildman–Crippen LogP) is 2.36. The van der Waals surface area contributed by atoms with Gasteiger partial charge in [0, 0.05) is 5.69 Å². The lowest BCUT2D eigenvalue weighted by molar-refractivity contribution is 0.177. The summed E-state index contributed by atoms with van der Waals surface area (Å²) in [5, 5.41) is 5.58. The number of alkyl carbamates (subject to hydrolysis) is 1. The van der Waals surface area contributed by atoms with Gasteiger partial charge in [-0.15, -0.1) is 0 Å². The SMILES string of the molecule is COC(=O)NC(=S)Nc1c(C)cccc1C. The van der Waals surface area contributed by atoms with Crippen LogP contribution in [0.3, 0.4) is 0 Å². The minimum Gasteiger partial charge on any atom is -0.453 e. The van der Waals surface area contributed by atoms with Crippen LogP contribution in [0, 0.1) is 13.8 Å². The van der Waals surface area contributed by atoms with Crippen LogP contribution in [0.1, 0.15) is 11.1 Å². The first-order chi connectivity index (χ1) is 7.54. The maximum atomic E-state index is 10.9. The van der Waals surface area contributed by atoms with Crippen LogP contribution in [0.2, 0.25) is 0 Å². The second-order valence-electron chi connectivity index (χ2n) is 3.34. The minimum absolute atomic E-state index is 0.226. The molecule has 5 heteroatoms. The lowest BCUT2D eigenvalue weighted by atomic mass is 10.1. The highest BCUT2D eigenvalue weighted by atomic mass is 32.1. The number of aryl methyl sites for hydroxylation is 2. The van der Waals surface area contributed by atoms with Gasteiger partial charge in [0.1, 0.15) is 0 Å². The van der Waals surface area contributed by atoms with Gasteiger partial charge in [0.25, 0.3) is 0 Å². The molecular weight excluding hydrogens is 224 g/mol. The molecule has 2 N–H and O–H groups in total. The highest BCUT2D eigenvalue weighted by molar-refractivity contribution is 7.80. The highest BCUT2D eigenvalue weighted by Gasteiger charge is 2.06. The molecule has 0 aromatic heterocycles. The van der Waals surface area contributed by atoms with Gasteiger partial charge in [-0.25, -0.2) is 4.79 Å². The quantitative estimate of drug-likeness (QED) is 0.737. The number of carbonyl (C=O) groups excluding carboxylic acids is 1. The molecular formula is C11H14N2O2S. The van der Waals surface area contributed by atoms with Crippen LogP contribution in [0.15, 0.2) is 18.2 Å². The largest absolute Gasteiger partial charge is 0.453 e. The maximum absolute atomic E-state index is 10.9. The summed E-state index contributed by atoms with van der Waals surface area (Å²) in [6.07, 6.45) is -0.580. The molecule has 0 spiro atoms. The van der Waals surface area contributed by atoms with Gasteiger partial charge >= 0.3 is 6.09 Å². The summed E-state index contributed by atoms with van der Waals surface area (Å²) in [7, 11) is 1.29. The number of hydrogen-bond donors (Lipinski definition) is 2. The Bertz CT molecular complexity index is 398. The number of thiocarbonyl (C=S) groups is 1. The van der Waals surface area contributed by atoms with Crippen LogP contribution in [0.4, 0.5) is 10.5 Å². The van der Waals surface area contributed by atoms with Crippen molar-refractivity contribution >= 4 is 29.1 Å². The van der Waals surface area contributed by atoms with Crippen molar-refractivity contribution in [3.05, 3.63) is 29.3 Å². The zero-order valence-corrected chi connectivity index (χ0v) is 10.3. The number of amides is 1. The van der Waals surface area contributed by atoms with Crippen LogP contribution in [-0.2, 0) is 4.74 Å². The molecule has 0 aliphatic carbocycles. The molecule has 0 saturated heterocycles. The highest BCUT2D eigenvalue weighted by Crippen LogP contribution is 2.18. The van der Waals surface area contributed by atoms with Crippen molar-refractivity contribution in [3.63, 3.8) is 0 Å². The molecule has 16 heavy (non-hydrogen) atoms. The summed E-state index contributed by atoms with van der Waals surface area (Å²) in [6.45, 7) is 3.94. The third-order valence-electron chi connectivity index (χ3n) is 2.12. The summed E-state index contributed by atoms with van der Waals surface area (Å²) in [5.74, 6) is 0. The van der Waals surface area contributed by atoms with Gasteiger partial charge in [-0.2, -0.15) is 0 Å². The number of nitrogens with one attached hydrogen (secondary N) is 2. The van der Waals surface area contributed by atoms with E-state index in [4.69, 9.17) is 12.2 Å². The van der Waals surface area contributed by atoms with E-state index < -0.39 is 6.09 Å². The summed E-state index contributed by atoms with van der Waals surface area (Å²) >= 11 is 4.97. The normalized spacial score (nSPS) is 9.44. The van der Waals surface area contributed by atoms with Gasteiger partial charge < -0.3 is 10.1 Å². The Kier molecular flexibility index (Phi) is 4.25. The van der Waals surface area contributed by atoms with E-state index in [0.717, 1.165) is 16.8 Å². The van der Waals surface area contributed by atoms with E-state index in [2.05, 4.69) is 15.4 Å². The average Bonchev–Trinajstić information content (AvgIpc) is 2.23. The van der Waals surface area contributed by atoms with Crippen molar-refractivity contribution in [2.24, 2.45) is 0 Å². The van der Waals surface area contributed by atoms with Gasteiger partial charge in [-0.05, 0) is 37.2 Å². The molecule has 1 amide bonds. The van der Waals surface area contributed by atoms with Gasteiger partial charge in [-0.1, -0.05) is 18.2 Å². The van der Waals surface area contributed by atoms with Crippen molar-refractivity contribution in [3.8, 4) is 0 Å². The second kappa shape index (κ2) is 5.46. The number of rotatable bonds is 1. The topological polar surface area (TPSA) is 50.4 Å². The average molecular weight is 238 g/mol. The first-order valence-electron chi connectivity index (χ1n) is 4.76. The number of hydrogen-bond acceptors (Lipinski definition) is 3. The fourth-order valence-corrected chi connectivity index (χ4v) is 1.49. The molecule has 1 rings (SSSR count). The van der Waals surface area contributed by atoms with Crippen LogP contribution in [0.5, 0.6) is 0 Å². The molecule has 0 atom stereocenters. The first-order valence-corrected chi connectivity index (χ1v) is 5.17. The number of anilines is 1. The lowest BCUT2D eigenvalue weighted by Crippen LogP contribution is -2.34. The van der Waals surface area contributed by atoms with Crippen molar-refractivity contribution in [1.29, 1.82) is 0 Å². The maximum Gasteiger partial charge on any atom is 0.413 e. The van der Waals surface area contributed by atoms with Crippen molar-refractivity contribution in [2.45, 2.75) is 13.8 Å². The fraction of sp³-hybridized carbons (Fsp3) is 0.273. The zero-order chi connectivity index (χ0) is 12.1. The molecule has 0 fully saturated rings. The Morgan fingerprint density at radius 1 is 1.31 bits per heavy atom. The molecule has 1 aromatic carbocycles. The van der Waals surface area contributed by atoms with E-state index in [-0.39, 0.29) is 5.11 Å². The molecule has 4 nitrogen and oxygen atoms in total. The third kappa shape index (κ3) is 3.20. The van der Waals surface area contributed by atoms with Crippen LogP contribution in [0.25, 0.3) is 0 Å². The monoisotopic (exact) mass is 238 g/mol. The Morgan fingerprint density at radius 3 is 2.38 bits per heavy atom. The van der Waals surface area contributed by atoms with Crippen molar-refractivity contribution in [2.75, 3.05) is 12.4 Å². The van der Waals surface area contributed by atoms with Crippen LogP contribution >= 0.6 is 12.2 Å². The van der Waals surface area contributed by atoms with Gasteiger partial charge in [0.15, 0.2) is 5.11 Å². The van der Waals surface area contributed by atoms with Gasteiger partial charge in [-0.3, -0.25) is 5.32 Å². The van der Waals surface area contributed by atoms with E-state index in [9.17, 15) is 4.79 Å². The van der Waals surface area contributed by atoms with Crippen molar-refractivity contribution in [1.82, 2.24) is 5.32 Å². The van der Waals surface area contributed by atoms with Crippen LogP contribution in [-0.4, -0.2) is 18.3 Å². The first kappa shape index (κ1) is 12.4. The number of benzene rings is 1. The molecule has 0 unspecified atom stereocenters. The Hall–Kier alpha value is -1.62. The summed E-state index contributed by atoms with van der Waals surface area (Å²) in [5.41, 5.74) is 3.03.